The monoisotopic (exact) mass is 332 g/mol. The van der Waals surface area contributed by atoms with E-state index in [-0.39, 0.29) is 19.0 Å². The lowest BCUT2D eigenvalue weighted by atomic mass is 10.1. The first-order valence-electron chi connectivity index (χ1n) is 5.39. The highest BCUT2D eigenvalue weighted by atomic mass is 35.5. The molecule has 0 spiro atoms. The van der Waals surface area contributed by atoms with Crippen LogP contribution in [-0.4, -0.2) is 20.5 Å². The van der Waals surface area contributed by atoms with E-state index >= 15 is 0 Å². The van der Waals surface area contributed by atoms with E-state index in [1.807, 2.05) is 0 Å². The summed E-state index contributed by atoms with van der Waals surface area (Å²) in [5.74, 6) is 0. The van der Waals surface area contributed by atoms with Gasteiger partial charge in [-0.3, -0.25) is 0 Å². The van der Waals surface area contributed by atoms with Gasteiger partial charge < -0.3 is 5.73 Å². The Balaban J connectivity index is 0.00000361. The largest absolute Gasteiger partial charge is 0.416 e. The summed E-state index contributed by atoms with van der Waals surface area (Å²) in [7, 11) is -4.04. The van der Waals surface area contributed by atoms with E-state index < -0.39 is 32.2 Å². The average molecular weight is 333 g/mol. The van der Waals surface area contributed by atoms with Gasteiger partial charge in [-0.2, -0.15) is 13.2 Å². The van der Waals surface area contributed by atoms with E-state index in [1.165, 1.54) is 13.8 Å². The molecule has 9 heteroatoms. The Bertz CT molecular complexity index is 559. The molecule has 3 N–H and O–H groups in total. The minimum absolute atomic E-state index is 0. The van der Waals surface area contributed by atoms with Crippen molar-refractivity contribution >= 4 is 22.4 Å². The zero-order valence-corrected chi connectivity index (χ0v) is 12.5. The van der Waals surface area contributed by atoms with Crippen molar-refractivity contribution in [3.05, 3.63) is 29.8 Å². The molecule has 0 aromatic heterocycles. The Morgan fingerprint density at radius 2 is 1.80 bits per heavy atom. The second-order valence-electron chi connectivity index (χ2n) is 4.72. The molecule has 0 saturated carbocycles. The quantitative estimate of drug-likeness (QED) is 0.887. The first-order valence-corrected chi connectivity index (χ1v) is 6.87. The molecule has 1 aromatic rings. The molecule has 0 aliphatic rings. The fourth-order valence-electron chi connectivity index (χ4n) is 1.30. The lowest BCUT2D eigenvalue weighted by molar-refractivity contribution is -0.137. The third kappa shape index (κ3) is 4.93. The molecule has 0 radical (unpaired) electrons. The molecular weight excluding hydrogens is 317 g/mol. The Morgan fingerprint density at radius 1 is 1.25 bits per heavy atom. The van der Waals surface area contributed by atoms with Crippen molar-refractivity contribution in [2.24, 2.45) is 5.73 Å². The van der Waals surface area contributed by atoms with Crippen LogP contribution in [0.15, 0.2) is 29.2 Å². The highest BCUT2D eigenvalue weighted by Crippen LogP contribution is 2.30. The van der Waals surface area contributed by atoms with Crippen molar-refractivity contribution in [3.63, 3.8) is 0 Å². The molecule has 0 amide bonds. The van der Waals surface area contributed by atoms with Crippen LogP contribution >= 0.6 is 12.4 Å². The summed E-state index contributed by atoms with van der Waals surface area (Å²) in [6.07, 6.45) is -4.59. The van der Waals surface area contributed by atoms with Gasteiger partial charge in [-0.25, -0.2) is 13.1 Å². The van der Waals surface area contributed by atoms with Crippen LogP contribution in [0.3, 0.4) is 0 Å². The van der Waals surface area contributed by atoms with Gasteiger partial charge in [0, 0.05) is 12.1 Å². The molecule has 0 aliphatic heterocycles. The van der Waals surface area contributed by atoms with Crippen LogP contribution in [0.2, 0.25) is 0 Å². The van der Waals surface area contributed by atoms with Crippen LogP contribution in [0.25, 0.3) is 0 Å². The molecule has 0 aliphatic carbocycles. The van der Waals surface area contributed by atoms with Crippen LogP contribution in [0, 0.1) is 0 Å². The average Bonchev–Trinajstić information content (AvgIpc) is 2.27. The number of sulfonamides is 1. The molecule has 4 nitrogen and oxygen atoms in total. The van der Waals surface area contributed by atoms with E-state index in [1.54, 1.807) is 0 Å². The number of rotatable bonds is 4. The topological polar surface area (TPSA) is 72.2 Å². The van der Waals surface area contributed by atoms with Crippen molar-refractivity contribution < 1.29 is 21.6 Å². The summed E-state index contributed by atoms with van der Waals surface area (Å²) < 4.78 is 63.7. The van der Waals surface area contributed by atoms with Gasteiger partial charge in [0.05, 0.1) is 10.5 Å². The minimum Gasteiger partial charge on any atom is -0.329 e. The van der Waals surface area contributed by atoms with Crippen LogP contribution in [0.1, 0.15) is 19.4 Å². The van der Waals surface area contributed by atoms with E-state index in [0.29, 0.717) is 6.07 Å². The Labute approximate surface area is 122 Å². The standard InChI is InChI=1S/C11H15F3N2O2S.ClH/c1-10(2,7-15)16-19(17,18)9-5-3-4-8(6-9)11(12,13)14;/h3-6,16H,7,15H2,1-2H3;1H. The van der Waals surface area contributed by atoms with E-state index in [2.05, 4.69) is 4.72 Å². The predicted molar refractivity (Wildman–Crippen MR) is 72.1 cm³/mol. The van der Waals surface area contributed by atoms with Crippen molar-refractivity contribution in [1.29, 1.82) is 0 Å². The summed E-state index contributed by atoms with van der Waals surface area (Å²) in [5, 5.41) is 0. The lowest BCUT2D eigenvalue weighted by Gasteiger charge is -2.24. The Morgan fingerprint density at radius 3 is 2.25 bits per heavy atom. The summed E-state index contributed by atoms with van der Waals surface area (Å²) in [4.78, 5) is -0.441. The number of nitrogens with one attached hydrogen (secondary N) is 1. The Hall–Kier alpha value is -0.830. The fourth-order valence-corrected chi connectivity index (χ4v) is 2.77. The molecule has 0 bridgehead atoms. The normalized spacial score (nSPS) is 12.9. The maximum Gasteiger partial charge on any atom is 0.416 e. The highest BCUT2D eigenvalue weighted by molar-refractivity contribution is 7.89. The second-order valence-corrected chi connectivity index (χ2v) is 6.40. The molecule has 0 atom stereocenters. The smallest absolute Gasteiger partial charge is 0.329 e. The number of hydrogen-bond acceptors (Lipinski definition) is 3. The molecule has 0 fully saturated rings. The molecular formula is C11H16ClF3N2O2S. The second kappa shape index (κ2) is 6.30. The van der Waals surface area contributed by atoms with E-state index in [9.17, 15) is 21.6 Å². The van der Waals surface area contributed by atoms with E-state index in [4.69, 9.17) is 5.73 Å². The molecule has 0 unspecified atom stereocenters. The van der Waals surface area contributed by atoms with Gasteiger partial charge in [-0.05, 0) is 32.0 Å². The van der Waals surface area contributed by atoms with Gasteiger partial charge in [0.1, 0.15) is 0 Å². The number of benzene rings is 1. The molecule has 1 aromatic carbocycles. The first kappa shape index (κ1) is 19.2. The first-order chi connectivity index (χ1) is 8.48. The van der Waals surface area contributed by atoms with E-state index in [0.717, 1.165) is 18.2 Å². The van der Waals surface area contributed by atoms with Crippen molar-refractivity contribution in [1.82, 2.24) is 4.72 Å². The van der Waals surface area contributed by atoms with Gasteiger partial charge >= 0.3 is 6.18 Å². The van der Waals surface area contributed by atoms with Crippen LogP contribution < -0.4 is 10.5 Å². The third-order valence-electron chi connectivity index (χ3n) is 2.39. The highest BCUT2D eigenvalue weighted by Gasteiger charge is 2.32. The predicted octanol–water partition coefficient (Wildman–Crippen LogP) is 2.14. The van der Waals surface area contributed by atoms with Crippen molar-refractivity contribution in [2.75, 3.05) is 6.54 Å². The summed E-state index contributed by atoms with van der Waals surface area (Å²) in [6, 6.07) is 3.55. The number of alkyl halides is 3. The SMILES string of the molecule is CC(C)(CN)NS(=O)(=O)c1cccc(C(F)(F)F)c1.Cl. The molecule has 0 saturated heterocycles. The summed E-state index contributed by atoms with van der Waals surface area (Å²) in [5.41, 5.74) is 3.43. The number of halogens is 4. The summed E-state index contributed by atoms with van der Waals surface area (Å²) >= 11 is 0. The summed E-state index contributed by atoms with van der Waals surface area (Å²) in [6.45, 7) is 3.10. The number of nitrogens with two attached hydrogens (primary N) is 1. The van der Waals surface area contributed by atoms with Gasteiger partial charge in [-0.1, -0.05) is 6.07 Å². The van der Waals surface area contributed by atoms with Crippen LogP contribution in [-0.2, 0) is 16.2 Å². The van der Waals surface area contributed by atoms with Gasteiger partial charge in [0.15, 0.2) is 0 Å². The van der Waals surface area contributed by atoms with Crippen LogP contribution in [0.5, 0.6) is 0 Å². The van der Waals surface area contributed by atoms with Crippen molar-refractivity contribution in [2.45, 2.75) is 30.5 Å². The zero-order valence-electron chi connectivity index (χ0n) is 10.9. The van der Waals surface area contributed by atoms with Crippen molar-refractivity contribution in [3.8, 4) is 0 Å². The molecule has 20 heavy (non-hydrogen) atoms. The third-order valence-corrected chi connectivity index (χ3v) is 4.09. The maximum atomic E-state index is 12.5. The number of hydrogen-bond donors (Lipinski definition) is 2. The maximum absolute atomic E-state index is 12.5. The van der Waals surface area contributed by atoms with Gasteiger partial charge in [-0.15, -0.1) is 12.4 Å². The molecule has 0 heterocycles. The molecule has 1 rings (SSSR count). The lowest BCUT2D eigenvalue weighted by Crippen LogP contribution is -2.48. The Kier molecular flexibility index (Phi) is 6.03. The zero-order chi connectivity index (χ0) is 14.9. The van der Waals surface area contributed by atoms with Crippen LogP contribution in [0.4, 0.5) is 13.2 Å². The fraction of sp³-hybridized carbons (Fsp3) is 0.455. The van der Waals surface area contributed by atoms with Gasteiger partial charge in [0.25, 0.3) is 0 Å². The van der Waals surface area contributed by atoms with Gasteiger partial charge in [0.2, 0.25) is 10.0 Å². The molecule has 116 valence electrons. The minimum atomic E-state index is -4.59.